The molecule has 16 rings (SSSR count). The van der Waals surface area contributed by atoms with Gasteiger partial charge in [-0.05, 0) is 181 Å². The van der Waals surface area contributed by atoms with E-state index < -0.39 is 5.41 Å². The lowest BCUT2D eigenvalue weighted by atomic mass is 9.67. The van der Waals surface area contributed by atoms with E-state index in [-0.39, 0.29) is 11.3 Å². The zero-order valence-corrected chi connectivity index (χ0v) is 46.4. The number of hydrogen-bond donors (Lipinski definition) is 0. The molecule has 3 heteroatoms. The number of anilines is 5. The third-order valence-electron chi connectivity index (χ3n) is 18.5. The van der Waals surface area contributed by atoms with Crippen LogP contribution in [0.4, 0.5) is 28.4 Å². The Morgan fingerprint density at radius 2 is 0.904 bits per heavy atom. The van der Waals surface area contributed by atoms with Gasteiger partial charge in [0.05, 0.1) is 16.4 Å². The first kappa shape index (κ1) is 48.7. The quantitative estimate of drug-likeness (QED) is 0.135. The second-order valence-electron chi connectivity index (χ2n) is 23.3. The molecule has 0 radical (unpaired) electrons. The topological polar surface area (TPSA) is 11.4 Å². The number of allylic oxidation sites excluding steroid dienone is 3. The van der Waals surface area contributed by atoms with Gasteiger partial charge in [-0.1, -0.05) is 220 Å². The molecular weight excluding hydrogens is 1000 g/mol. The van der Waals surface area contributed by atoms with Crippen molar-refractivity contribution < 1.29 is 0 Å². The minimum absolute atomic E-state index is 0.0700. The summed E-state index contributed by atoms with van der Waals surface area (Å²) in [6.07, 6.45) is 7.45. The van der Waals surface area contributed by atoms with Crippen LogP contribution in [0.2, 0.25) is 0 Å². The summed E-state index contributed by atoms with van der Waals surface area (Å²) in [5, 5.41) is 4.92. The maximum absolute atomic E-state index is 2.58. The Morgan fingerprint density at radius 1 is 0.373 bits per heavy atom. The van der Waals surface area contributed by atoms with Crippen molar-refractivity contribution in [1.82, 2.24) is 4.57 Å². The Morgan fingerprint density at radius 3 is 1.65 bits per heavy atom. The number of aromatic nitrogens is 1. The van der Waals surface area contributed by atoms with Gasteiger partial charge in [-0.3, -0.25) is 0 Å². The van der Waals surface area contributed by atoms with Crippen LogP contribution in [0.3, 0.4) is 0 Å². The zero-order chi connectivity index (χ0) is 55.2. The Balaban J connectivity index is 0.880. The second kappa shape index (κ2) is 19.2. The first-order chi connectivity index (χ1) is 40.9. The van der Waals surface area contributed by atoms with Crippen molar-refractivity contribution in [2.75, 3.05) is 9.80 Å². The normalized spacial score (nSPS) is 16.0. The number of nitrogens with zero attached hydrogens (tertiary/aromatic N) is 3. The van der Waals surface area contributed by atoms with Gasteiger partial charge < -0.3 is 14.4 Å². The molecule has 0 bridgehead atoms. The summed E-state index contributed by atoms with van der Waals surface area (Å²) >= 11 is 0. The first-order valence-electron chi connectivity index (χ1n) is 29.1. The molecule has 394 valence electrons. The molecule has 12 aromatic carbocycles. The van der Waals surface area contributed by atoms with Crippen LogP contribution >= 0.6 is 0 Å². The van der Waals surface area contributed by atoms with E-state index >= 15 is 0 Å². The highest BCUT2D eigenvalue weighted by Gasteiger charge is 2.48. The van der Waals surface area contributed by atoms with Gasteiger partial charge in [-0.15, -0.1) is 0 Å². The van der Waals surface area contributed by atoms with E-state index in [0.717, 1.165) is 34.1 Å². The van der Waals surface area contributed by atoms with Gasteiger partial charge in [-0.25, -0.2) is 0 Å². The number of para-hydroxylation sites is 3. The predicted octanol–water partition coefficient (Wildman–Crippen LogP) is 20.7. The van der Waals surface area contributed by atoms with Crippen molar-refractivity contribution >= 4 is 61.0 Å². The largest absolute Gasteiger partial charge is 0.311 e. The van der Waals surface area contributed by atoms with Crippen LogP contribution in [0.5, 0.6) is 0 Å². The van der Waals surface area contributed by atoms with Gasteiger partial charge in [0.25, 0.3) is 0 Å². The lowest BCUT2D eigenvalue weighted by Crippen LogP contribution is -2.29. The molecule has 3 nitrogen and oxygen atoms in total. The molecule has 3 aliphatic carbocycles. The summed E-state index contributed by atoms with van der Waals surface area (Å²) in [6, 6.07) is 108. The highest BCUT2D eigenvalue weighted by Crippen LogP contribution is 2.59. The third-order valence-corrected chi connectivity index (χ3v) is 18.5. The SMILES string of the molecule is CC1(C)c2ccccc2C2C=CC(N(c3ccc(N(c4ccccc4)c4ccc5ccccc5c4)cc3)c3ccc4c(c3)C(c3ccccc3)(c3ccccc3)c3cc(-c5ccc6c(c5)c5ccccc5n6-c5ccccc5)ccc3-4)=CC21. The molecule has 1 heterocycles. The molecule has 2 unspecified atom stereocenters. The fraction of sp³-hybridized carbons (Fsp3) is 0.0750. The minimum Gasteiger partial charge on any atom is -0.311 e. The van der Waals surface area contributed by atoms with E-state index in [1.165, 1.54) is 93.9 Å². The molecule has 0 saturated carbocycles. The Hall–Kier alpha value is -10.2. The van der Waals surface area contributed by atoms with Crippen molar-refractivity contribution in [3.63, 3.8) is 0 Å². The first-order valence-corrected chi connectivity index (χ1v) is 29.1. The molecule has 0 amide bonds. The van der Waals surface area contributed by atoms with Crippen LogP contribution in [0.1, 0.15) is 53.1 Å². The van der Waals surface area contributed by atoms with E-state index in [0.29, 0.717) is 5.92 Å². The van der Waals surface area contributed by atoms with Crippen LogP contribution in [-0.2, 0) is 10.8 Å². The van der Waals surface area contributed by atoms with E-state index in [4.69, 9.17) is 0 Å². The standard InChI is InChI=1S/C80H59N3/c1-79(2)73-33-19-17-31-67(73)68-46-43-65(52-74(68)79)82(63-41-39-62(40-42-63)81(60-27-11-5-12-28-60)64-38-35-54-21-15-16-22-55(54)49-64)66-44-47-70-69-45-36-57(51-75(69)80(76(70)53-66,58-23-7-3-8-24-58)59-25-9-4-10-26-59)56-37-48-78-72(50-56)71-32-18-20-34-77(71)83(78)61-29-13-6-14-30-61/h3-53,68,74H,1-2H3. The van der Waals surface area contributed by atoms with Crippen LogP contribution in [0.25, 0.3) is 60.5 Å². The molecule has 83 heavy (non-hydrogen) atoms. The van der Waals surface area contributed by atoms with Crippen LogP contribution in [-0.4, -0.2) is 4.57 Å². The summed E-state index contributed by atoms with van der Waals surface area (Å²) in [5.41, 5.74) is 22.3. The predicted molar refractivity (Wildman–Crippen MR) is 347 cm³/mol. The van der Waals surface area contributed by atoms with Crippen LogP contribution in [0.15, 0.2) is 315 Å². The van der Waals surface area contributed by atoms with E-state index in [1.807, 2.05) is 0 Å². The van der Waals surface area contributed by atoms with Gasteiger partial charge in [0, 0.05) is 56.5 Å². The number of hydrogen-bond acceptors (Lipinski definition) is 2. The van der Waals surface area contributed by atoms with Crippen molar-refractivity contribution in [3.05, 3.63) is 348 Å². The number of rotatable bonds is 10. The van der Waals surface area contributed by atoms with Crippen LogP contribution in [0, 0.1) is 5.92 Å². The molecule has 2 atom stereocenters. The molecule has 3 aliphatic rings. The fourth-order valence-corrected chi connectivity index (χ4v) is 14.7. The van der Waals surface area contributed by atoms with Gasteiger partial charge in [-0.2, -0.15) is 0 Å². The monoisotopic (exact) mass is 1060 g/mol. The summed E-state index contributed by atoms with van der Waals surface area (Å²) in [4.78, 5) is 4.90. The van der Waals surface area contributed by atoms with Gasteiger partial charge in [0.15, 0.2) is 0 Å². The van der Waals surface area contributed by atoms with Crippen molar-refractivity contribution in [1.29, 1.82) is 0 Å². The van der Waals surface area contributed by atoms with E-state index in [2.05, 4.69) is 338 Å². The maximum Gasteiger partial charge on any atom is 0.0714 e. The molecule has 0 N–H and O–H groups in total. The van der Waals surface area contributed by atoms with E-state index in [9.17, 15) is 0 Å². The van der Waals surface area contributed by atoms with Crippen molar-refractivity contribution in [2.24, 2.45) is 5.92 Å². The summed E-state index contributed by atoms with van der Waals surface area (Å²) in [6.45, 7) is 4.87. The maximum atomic E-state index is 2.58. The Labute approximate surface area is 485 Å². The van der Waals surface area contributed by atoms with Crippen molar-refractivity contribution in [3.8, 4) is 27.9 Å². The molecular formula is C80H59N3. The number of fused-ring (bicyclic) bond motifs is 10. The minimum atomic E-state index is -0.658. The van der Waals surface area contributed by atoms with Gasteiger partial charge in [0.2, 0.25) is 0 Å². The van der Waals surface area contributed by atoms with Crippen LogP contribution < -0.4 is 9.80 Å². The summed E-state index contributed by atoms with van der Waals surface area (Å²) in [5.74, 6) is 0.563. The average molecular weight is 1060 g/mol. The van der Waals surface area contributed by atoms with Gasteiger partial charge >= 0.3 is 0 Å². The Kier molecular flexibility index (Phi) is 11.3. The summed E-state index contributed by atoms with van der Waals surface area (Å²) in [7, 11) is 0. The van der Waals surface area contributed by atoms with Gasteiger partial charge in [0.1, 0.15) is 0 Å². The molecule has 0 fully saturated rings. The number of benzene rings is 12. The highest BCUT2D eigenvalue weighted by molar-refractivity contribution is 6.10. The highest BCUT2D eigenvalue weighted by atomic mass is 15.2. The van der Waals surface area contributed by atoms with Crippen molar-refractivity contribution in [2.45, 2.75) is 30.6 Å². The smallest absolute Gasteiger partial charge is 0.0714 e. The third kappa shape index (κ3) is 7.65. The summed E-state index contributed by atoms with van der Waals surface area (Å²) < 4.78 is 2.40. The molecule has 0 saturated heterocycles. The Bertz CT molecular complexity index is 4670. The molecule has 0 spiro atoms. The second-order valence-corrected chi connectivity index (χ2v) is 23.3. The fourth-order valence-electron chi connectivity index (χ4n) is 14.7. The molecule has 13 aromatic rings. The zero-order valence-electron chi connectivity index (χ0n) is 46.4. The lowest BCUT2D eigenvalue weighted by molar-refractivity contribution is 0.392. The van der Waals surface area contributed by atoms with E-state index in [1.54, 1.807) is 0 Å². The molecule has 0 aliphatic heterocycles. The lowest BCUT2D eigenvalue weighted by Gasteiger charge is -2.36. The molecule has 1 aromatic heterocycles. The average Bonchev–Trinajstić information content (AvgIpc) is 2.27.